The highest BCUT2D eigenvalue weighted by atomic mass is 19.1. The smallest absolute Gasteiger partial charge is 0.321 e. The molecular weight excluding hydrogens is 395 g/mol. The van der Waals surface area contributed by atoms with Crippen molar-refractivity contribution < 1.29 is 9.18 Å². The lowest BCUT2D eigenvalue weighted by Gasteiger charge is -2.50. The van der Waals surface area contributed by atoms with Crippen molar-refractivity contribution in [2.45, 2.75) is 58.7 Å². The van der Waals surface area contributed by atoms with E-state index < -0.39 is 11.4 Å². The summed E-state index contributed by atoms with van der Waals surface area (Å²) < 4.78 is 14.2. The highest BCUT2D eigenvalue weighted by molar-refractivity contribution is 6.11. The fourth-order valence-electron chi connectivity index (χ4n) is 4.75. The predicted octanol–water partition coefficient (Wildman–Crippen LogP) is 3.28. The second kappa shape index (κ2) is 7.29. The van der Waals surface area contributed by atoms with Crippen LogP contribution < -0.4 is 5.32 Å². The van der Waals surface area contributed by atoms with Crippen molar-refractivity contribution in [1.82, 2.24) is 19.7 Å². The largest absolute Gasteiger partial charge is 0.322 e. The number of urea groups is 1. The van der Waals surface area contributed by atoms with E-state index in [1.807, 2.05) is 16.7 Å². The lowest BCUT2D eigenvalue weighted by Crippen LogP contribution is -2.65. The average Bonchev–Trinajstić information content (AvgIpc) is 3.19. The Balaban J connectivity index is 1.56. The standard InChI is InChI=1S/C23H33FN6O/c1-14-8-9-18(24)20(26-14)27-19-16-12-30(23(5,6)17(16)10-25-19)21(31)29-13-22(3,4)28(7)11-15(29)2/h8-9,15H,10-13H2,1-7H3,(H,25,26,27)/t15-/m0/s1. The molecule has 1 atom stereocenters. The van der Waals surface area contributed by atoms with Crippen molar-refractivity contribution >= 4 is 17.7 Å². The van der Waals surface area contributed by atoms with Crippen LogP contribution in [0.2, 0.25) is 0 Å². The Labute approximate surface area is 184 Å². The third-order valence-corrected chi connectivity index (χ3v) is 7.13. The number of anilines is 1. The summed E-state index contributed by atoms with van der Waals surface area (Å²) in [6.07, 6.45) is 0. The molecule has 1 aromatic heterocycles. The van der Waals surface area contributed by atoms with Gasteiger partial charge in [-0.05, 0) is 66.3 Å². The van der Waals surface area contributed by atoms with Gasteiger partial charge >= 0.3 is 6.03 Å². The fourth-order valence-corrected chi connectivity index (χ4v) is 4.75. The first kappa shape index (κ1) is 21.7. The first-order valence-corrected chi connectivity index (χ1v) is 10.9. The van der Waals surface area contributed by atoms with Crippen molar-refractivity contribution in [3.8, 4) is 0 Å². The number of piperazine rings is 1. The minimum Gasteiger partial charge on any atom is -0.322 e. The molecule has 0 aromatic carbocycles. The molecule has 0 bridgehead atoms. The van der Waals surface area contributed by atoms with E-state index >= 15 is 0 Å². The van der Waals surface area contributed by atoms with Crippen LogP contribution >= 0.6 is 0 Å². The number of rotatable bonds is 1. The van der Waals surface area contributed by atoms with Crippen LogP contribution in [-0.2, 0) is 0 Å². The number of likely N-dealkylation sites (N-methyl/N-ethyl adjacent to an activating group) is 1. The van der Waals surface area contributed by atoms with Gasteiger partial charge in [-0.3, -0.25) is 9.89 Å². The molecule has 3 aliphatic heterocycles. The topological polar surface area (TPSA) is 64.1 Å². The summed E-state index contributed by atoms with van der Waals surface area (Å²) in [5, 5.41) is 3.07. The Morgan fingerprint density at radius 2 is 1.97 bits per heavy atom. The van der Waals surface area contributed by atoms with Gasteiger partial charge in [0.1, 0.15) is 5.84 Å². The fraction of sp³-hybridized carbons (Fsp3) is 0.609. The van der Waals surface area contributed by atoms with Crippen molar-refractivity contribution in [3.63, 3.8) is 0 Å². The number of nitrogens with zero attached hydrogens (tertiary/aromatic N) is 5. The molecule has 0 radical (unpaired) electrons. The SMILES string of the molecule is Cc1ccc(F)c(NC2=NCC3=C2CN(C(=O)N2CC(C)(C)N(C)C[C@@H]2C)C3(C)C)n1. The lowest BCUT2D eigenvalue weighted by molar-refractivity contribution is 0.0119. The van der Waals surface area contributed by atoms with Crippen LogP contribution in [0.15, 0.2) is 28.3 Å². The van der Waals surface area contributed by atoms with Crippen LogP contribution in [0.1, 0.15) is 40.3 Å². The molecule has 1 fully saturated rings. The Hall–Kier alpha value is -2.48. The second-order valence-electron chi connectivity index (χ2n) is 10.1. The van der Waals surface area contributed by atoms with E-state index in [9.17, 15) is 9.18 Å². The summed E-state index contributed by atoms with van der Waals surface area (Å²) in [6.45, 7) is 14.9. The van der Waals surface area contributed by atoms with Crippen LogP contribution in [0.4, 0.5) is 15.0 Å². The molecule has 1 N–H and O–H groups in total. The van der Waals surface area contributed by atoms with Crippen LogP contribution in [0.25, 0.3) is 0 Å². The van der Waals surface area contributed by atoms with Crippen molar-refractivity contribution in [2.24, 2.45) is 4.99 Å². The van der Waals surface area contributed by atoms with Crippen molar-refractivity contribution in [3.05, 3.63) is 34.8 Å². The summed E-state index contributed by atoms with van der Waals surface area (Å²) in [6, 6.07) is 3.22. The summed E-state index contributed by atoms with van der Waals surface area (Å²) in [4.78, 5) is 28.8. The number of aromatic nitrogens is 1. The normalized spacial score (nSPS) is 25.0. The summed E-state index contributed by atoms with van der Waals surface area (Å²) in [5.41, 5.74) is 2.28. The Morgan fingerprint density at radius 1 is 1.26 bits per heavy atom. The number of carbonyl (C=O) groups excluding carboxylic acids is 1. The molecule has 168 valence electrons. The maximum Gasteiger partial charge on any atom is 0.321 e. The van der Waals surface area contributed by atoms with Gasteiger partial charge in [0.15, 0.2) is 11.6 Å². The van der Waals surface area contributed by atoms with Crippen molar-refractivity contribution in [1.29, 1.82) is 0 Å². The number of amides is 2. The highest BCUT2D eigenvalue weighted by Crippen LogP contribution is 2.39. The number of aryl methyl sites for hydroxylation is 1. The Bertz CT molecular complexity index is 982. The predicted molar refractivity (Wildman–Crippen MR) is 121 cm³/mol. The quantitative estimate of drug-likeness (QED) is 0.746. The zero-order chi connectivity index (χ0) is 22.7. The number of pyridine rings is 1. The third kappa shape index (κ3) is 3.60. The highest BCUT2D eigenvalue weighted by Gasteiger charge is 2.48. The number of carbonyl (C=O) groups is 1. The van der Waals surface area contributed by atoms with Crippen LogP contribution in [0.3, 0.4) is 0 Å². The molecule has 8 heteroatoms. The zero-order valence-electron chi connectivity index (χ0n) is 19.6. The number of hydrogen-bond acceptors (Lipinski definition) is 5. The molecule has 4 heterocycles. The molecular formula is C23H33FN6O. The minimum absolute atomic E-state index is 0.0484. The molecule has 3 aliphatic rings. The van der Waals surface area contributed by atoms with Gasteiger partial charge in [0.2, 0.25) is 0 Å². The average molecular weight is 429 g/mol. The first-order chi connectivity index (χ1) is 14.4. The van der Waals surface area contributed by atoms with E-state index in [1.54, 1.807) is 6.07 Å². The number of nitrogens with one attached hydrogen (secondary N) is 1. The Morgan fingerprint density at radius 3 is 2.68 bits per heavy atom. The van der Waals surface area contributed by atoms with Gasteiger partial charge in [0.05, 0.1) is 18.6 Å². The van der Waals surface area contributed by atoms with E-state index in [4.69, 9.17) is 0 Å². The zero-order valence-corrected chi connectivity index (χ0v) is 19.6. The van der Waals surface area contributed by atoms with Gasteiger partial charge in [-0.15, -0.1) is 0 Å². The molecule has 4 rings (SSSR count). The number of amidine groups is 1. The van der Waals surface area contributed by atoms with Crippen LogP contribution in [0.5, 0.6) is 0 Å². The molecule has 0 unspecified atom stereocenters. The van der Waals surface area contributed by atoms with Gasteiger partial charge in [0.25, 0.3) is 0 Å². The molecule has 0 aliphatic carbocycles. The van der Waals surface area contributed by atoms with E-state index in [-0.39, 0.29) is 23.4 Å². The Kier molecular flexibility index (Phi) is 5.11. The third-order valence-electron chi connectivity index (χ3n) is 7.13. The van der Waals surface area contributed by atoms with E-state index in [2.05, 4.69) is 61.9 Å². The first-order valence-electron chi connectivity index (χ1n) is 10.9. The van der Waals surface area contributed by atoms with Crippen LogP contribution in [-0.4, -0.2) is 81.9 Å². The monoisotopic (exact) mass is 428 g/mol. The molecule has 0 spiro atoms. The van der Waals surface area contributed by atoms with Gasteiger partial charge in [-0.25, -0.2) is 14.2 Å². The maximum absolute atomic E-state index is 14.2. The number of aliphatic imine (C=N–C) groups is 1. The molecule has 0 saturated carbocycles. The van der Waals surface area contributed by atoms with Gasteiger partial charge in [-0.1, -0.05) is 0 Å². The van der Waals surface area contributed by atoms with Crippen LogP contribution in [0, 0.1) is 12.7 Å². The molecule has 31 heavy (non-hydrogen) atoms. The van der Waals surface area contributed by atoms with Gasteiger partial charge < -0.3 is 15.1 Å². The maximum atomic E-state index is 14.2. The molecule has 7 nitrogen and oxygen atoms in total. The molecule has 1 aromatic rings. The number of hydrogen-bond donors (Lipinski definition) is 1. The number of halogens is 1. The van der Waals surface area contributed by atoms with Gasteiger partial charge in [0, 0.05) is 35.9 Å². The van der Waals surface area contributed by atoms with Crippen molar-refractivity contribution in [2.75, 3.05) is 38.5 Å². The lowest BCUT2D eigenvalue weighted by atomic mass is 9.93. The summed E-state index contributed by atoms with van der Waals surface area (Å²) >= 11 is 0. The minimum atomic E-state index is -0.453. The molecule has 1 saturated heterocycles. The molecule has 2 amide bonds. The van der Waals surface area contributed by atoms with E-state index in [0.717, 1.165) is 23.4 Å². The summed E-state index contributed by atoms with van der Waals surface area (Å²) in [7, 11) is 2.11. The van der Waals surface area contributed by atoms with E-state index in [0.29, 0.717) is 25.5 Å². The summed E-state index contributed by atoms with van der Waals surface area (Å²) in [5.74, 6) is 0.368. The second-order valence-corrected chi connectivity index (χ2v) is 10.1. The van der Waals surface area contributed by atoms with E-state index in [1.165, 1.54) is 6.07 Å². The van der Waals surface area contributed by atoms with Gasteiger partial charge in [-0.2, -0.15) is 0 Å².